The molecule has 0 unspecified atom stereocenters. The summed E-state index contributed by atoms with van der Waals surface area (Å²) in [5.41, 5.74) is 16.4. The minimum absolute atomic E-state index is 0.847. The molecule has 0 aliphatic rings. The monoisotopic (exact) mass is 715 g/mol. The highest BCUT2D eigenvalue weighted by molar-refractivity contribution is 6.12. The maximum atomic E-state index is 6.79. The number of furan rings is 1. The molecule has 264 valence electrons. The Morgan fingerprint density at radius 1 is 0.304 bits per heavy atom. The fourth-order valence-electron chi connectivity index (χ4n) is 7.93. The van der Waals surface area contributed by atoms with Crippen molar-refractivity contribution in [2.24, 2.45) is 0 Å². The Labute approximate surface area is 327 Å². The van der Waals surface area contributed by atoms with Crippen molar-refractivity contribution in [1.82, 2.24) is 0 Å². The third-order valence-corrected chi connectivity index (χ3v) is 10.7. The maximum Gasteiger partial charge on any atom is 0.159 e. The number of para-hydroxylation sites is 2. The SMILES string of the molecule is c1ccc(-c2ccc(-c3ccc(N(c4c(-c5ccccc5)cc(-c5ccccc5)cc4-c4ccccc4)c4cccc5c4oc4ccccc45)cc3)cc2)cc1. The van der Waals surface area contributed by atoms with E-state index in [4.69, 9.17) is 4.42 Å². The van der Waals surface area contributed by atoms with Crippen molar-refractivity contribution in [1.29, 1.82) is 0 Å². The Morgan fingerprint density at radius 3 is 1.25 bits per heavy atom. The molecule has 9 aromatic carbocycles. The average molecular weight is 716 g/mol. The summed E-state index contributed by atoms with van der Waals surface area (Å²) >= 11 is 0. The van der Waals surface area contributed by atoms with Gasteiger partial charge in [0.05, 0.1) is 11.4 Å². The van der Waals surface area contributed by atoms with Gasteiger partial charge in [0, 0.05) is 27.6 Å². The van der Waals surface area contributed by atoms with Crippen molar-refractivity contribution >= 4 is 39.0 Å². The Hall–Kier alpha value is -7.42. The van der Waals surface area contributed by atoms with Gasteiger partial charge < -0.3 is 9.32 Å². The van der Waals surface area contributed by atoms with E-state index in [1.807, 2.05) is 6.07 Å². The number of anilines is 3. The van der Waals surface area contributed by atoms with Gasteiger partial charge >= 0.3 is 0 Å². The number of nitrogens with zero attached hydrogens (tertiary/aromatic N) is 1. The minimum Gasteiger partial charge on any atom is -0.454 e. The second kappa shape index (κ2) is 14.4. The zero-order valence-electron chi connectivity index (χ0n) is 30.7. The highest BCUT2D eigenvalue weighted by atomic mass is 16.3. The number of hydrogen-bond acceptors (Lipinski definition) is 2. The zero-order chi connectivity index (χ0) is 37.3. The fourth-order valence-corrected chi connectivity index (χ4v) is 7.93. The largest absolute Gasteiger partial charge is 0.454 e. The van der Waals surface area contributed by atoms with Crippen LogP contribution < -0.4 is 4.90 Å². The van der Waals surface area contributed by atoms with Crippen LogP contribution in [0.25, 0.3) is 77.6 Å². The molecule has 2 nitrogen and oxygen atoms in total. The van der Waals surface area contributed by atoms with Gasteiger partial charge in [0.2, 0.25) is 0 Å². The van der Waals surface area contributed by atoms with E-state index in [0.717, 1.165) is 72.4 Å². The van der Waals surface area contributed by atoms with Crippen LogP contribution in [0.15, 0.2) is 229 Å². The third kappa shape index (κ3) is 6.14. The molecule has 1 heterocycles. The summed E-state index contributed by atoms with van der Waals surface area (Å²) in [5.74, 6) is 0. The van der Waals surface area contributed by atoms with Crippen molar-refractivity contribution in [2.45, 2.75) is 0 Å². The van der Waals surface area contributed by atoms with Crippen LogP contribution in [0.4, 0.5) is 17.1 Å². The van der Waals surface area contributed by atoms with E-state index in [1.165, 1.54) is 22.3 Å². The van der Waals surface area contributed by atoms with Crippen LogP contribution in [-0.4, -0.2) is 0 Å². The summed E-state index contributed by atoms with van der Waals surface area (Å²) in [4.78, 5) is 2.41. The number of hydrogen-bond donors (Lipinski definition) is 0. The lowest BCUT2D eigenvalue weighted by Crippen LogP contribution is -2.13. The van der Waals surface area contributed by atoms with Crippen molar-refractivity contribution < 1.29 is 4.42 Å². The van der Waals surface area contributed by atoms with Gasteiger partial charge in [-0.05, 0) is 80.9 Å². The molecule has 0 saturated heterocycles. The maximum absolute atomic E-state index is 6.79. The Balaban J connectivity index is 1.23. The molecule has 0 aliphatic heterocycles. The second-order valence-corrected chi connectivity index (χ2v) is 14.1. The van der Waals surface area contributed by atoms with E-state index in [9.17, 15) is 0 Å². The van der Waals surface area contributed by atoms with E-state index in [0.29, 0.717) is 0 Å². The summed E-state index contributed by atoms with van der Waals surface area (Å²) in [6, 6.07) is 80.1. The molecule has 0 fully saturated rings. The van der Waals surface area contributed by atoms with Gasteiger partial charge in [-0.25, -0.2) is 0 Å². The Morgan fingerprint density at radius 2 is 0.714 bits per heavy atom. The molecular formula is C54H37NO. The van der Waals surface area contributed by atoms with Crippen LogP contribution in [0.5, 0.6) is 0 Å². The fraction of sp³-hybridized carbons (Fsp3) is 0. The molecule has 0 N–H and O–H groups in total. The number of rotatable bonds is 8. The normalized spacial score (nSPS) is 11.2. The average Bonchev–Trinajstić information content (AvgIpc) is 3.67. The zero-order valence-corrected chi connectivity index (χ0v) is 30.7. The van der Waals surface area contributed by atoms with Gasteiger partial charge in [-0.1, -0.05) is 188 Å². The molecule has 10 rings (SSSR count). The van der Waals surface area contributed by atoms with Crippen molar-refractivity contribution in [3.63, 3.8) is 0 Å². The van der Waals surface area contributed by atoms with Gasteiger partial charge in [-0.3, -0.25) is 0 Å². The van der Waals surface area contributed by atoms with Crippen LogP contribution in [-0.2, 0) is 0 Å². The molecule has 0 bridgehead atoms. The summed E-state index contributed by atoms with van der Waals surface area (Å²) < 4.78 is 6.79. The Kier molecular flexibility index (Phi) is 8.55. The van der Waals surface area contributed by atoms with Gasteiger partial charge in [0.25, 0.3) is 0 Å². The van der Waals surface area contributed by atoms with Crippen LogP contribution >= 0.6 is 0 Å². The molecule has 0 amide bonds. The lowest BCUT2D eigenvalue weighted by atomic mass is 9.89. The summed E-state index contributed by atoms with van der Waals surface area (Å²) in [6.07, 6.45) is 0. The van der Waals surface area contributed by atoms with Crippen molar-refractivity contribution in [3.05, 3.63) is 224 Å². The van der Waals surface area contributed by atoms with Crippen molar-refractivity contribution in [2.75, 3.05) is 4.90 Å². The minimum atomic E-state index is 0.847. The van der Waals surface area contributed by atoms with E-state index in [1.54, 1.807) is 0 Å². The van der Waals surface area contributed by atoms with Gasteiger partial charge in [-0.2, -0.15) is 0 Å². The highest BCUT2D eigenvalue weighted by Crippen LogP contribution is 2.51. The Bertz CT molecular complexity index is 2850. The summed E-state index contributed by atoms with van der Waals surface area (Å²) in [7, 11) is 0. The third-order valence-electron chi connectivity index (χ3n) is 10.7. The number of benzene rings is 9. The first-order valence-corrected chi connectivity index (χ1v) is 19.1. The quantitative estimate of drug-likeness (QED) is 0.156. The van der Waals surface area contributed by atoms with E-state index in [-0.39, 0.29) is 0 Å². The molecule has 56 heavy (non-hydrogen) atoms. The molecule has 0 aliphatic carbocycles. The molecule has 0 atom stereocenters. The molecule has 10 aromatic rings. The standard InChI is InChI=1S/C54H37NO/c1-5-16-38(17-6-1)40-28-30-41(31-29-40)42-32-34-46(35-33-42)55(51-26-15-25-48-47-24-13-14-27-52(47)56-54(48)51)53-49(43-20-9-3-10-21-43)36-45(39-18-7-2-8-19-39)37-50(53)44-22-11-4-12-23-44/h1-37H. The van der Waals surface area contributed by atoms with Gasteiger partial charge in [0.15, 0.2) is 5.58 Å². The number of fused-ring (bicyclic) bond motifs is 3. The topological polar surface area (TPSA) is 16.4 Å². The smallest absolute Gasteiger partial charge is 0.159 e. The molecule has 0 radical (unpaired) electrons. The van der Waals surface area contributed by atoms with Crippen LogP contribution in [0.1, 0.15) is 0 Å². The predicted octanol–water partition coefficient (Wildman–Crippen LogP) is 15.4. The lowest BCUT2D eigenvalue weighted by Gasteiger charge is -2.31. The van der Waals surface area contributed by atoms with Crippen LogP contribution in [0.2, 0.25) is 0 Å². The van der Waals surface area contributed by atoms with E-state index < -0.39 is 0 Å². The van der Waals surface area contributed by atoms with E-state index >= 15 is 0 Å². The van der Waals surface area contributed by atoms with E-state index in [2.05, 4.69) is 223 Å². The lowest BCUT2D eigenvalue weighted by molar-refractivity contribution is 0.669. The molecule has 1 aromatic heterocycles. The van der Waals surface area contributed by atoms with Gasteiger partial charge in [0.1, 0.15) is 5.58 Å². The van der Waals surface area contributed by atoms with Gasteiger partial charge in [-0.15, -0.1) is 0 Å². The first kappa shape index (κ1) is 33.2. The second-order valence-electron chi connectivity index (χ2n) is 14.1. The highest BCUT2D eigenvalue weighted by Gasteiger charge is 2.26. The van der Waals surface area contributed by atoms with Crippen LogP contribution in [0, 0.1) is 0 Å². The first-order chi connectivity index (χ1) is 27.8. The first-order valence-electron chi connectivity index (χ1n) is 19.1. The molecular weight excluding hydrogens is 679 g/mol. The molecule has 0 saturated carbocycles. The van der Waals surface area contributed by atoms with Crippen LogP contribution in [0.3, 0.4) is 0 Å². The molecule has 0 spiro atoms. The van der Waals surface area contributed by atoms with Crippen molar-refractivity contribution in [3.8, 4) is 55.6 Å². The summed E-state index contributed by atoms with van der Waals surface area (Å²) in [6.45, 7) is 0. The summed E-state index contributed by atoms with van der Waals surface area (Å²) in [5, 5.41) is 2.19. The molecule has 2 heteroatoms. The predicted molar refractivity (Wildman–Crippen MR) is 236 cm³/mol.